The number of benzene rings is 1. The van der Waals surface area contributed by atoms with Crippen LogP contribution in [0.3, 0.4) is 0 Å². The third-order valence-electron chi connectivity index (χ3n) is 5.20. The molecule has 0 aromatic heterocycles. The number of likely N-dealkylation sites (tertiary alicyclic amines) is 1. The fourth-order valence-corrected chi connectivity index (χ4v) is 4.57. The van der Waals surface area contributed by atoms with E-state index in [1.807, 2.05) is 0 Å². The Bertz CT molecular complexity index is 548. The number of rotatable bonds is 3. The quantitative estimate of drug-likeness (QED) is 0.844. The van der Waals surface area contributed by atoms with Gasteiger partial charge in [-0.25, -0.2) is 0 Å². The lowest BCUT2D eigenvalue weighted by atomic mass is 9.78. The number of amides is 1. The average molecular weight is 355 g/mol. The molecular weight excluding hydrogens is 328 g/mol. The Morgan fingerprint density at radius 2 is 2.00 bits per heavy atom. The molecule has 2 fully saturated rings. The van der Waals surface area contributed by atoms with Crippen molar-refractivity contribution in [1.29, 1.82) is 0 Å². The van der Waals surface area contributed by atoms with Gasteiger partial charge in [-0.15, -0.1) is 24.2 Å². The lowest BCUT2D eigenvalue weighted by molar-refractivity contribution is -0.130. The lowest BCUT2D eigenvalue weighted by Crippen LogP contribution is -2.44. The van der Waals surface area contributed by atoms with E-state index in [0.717, 1.165) is 26.2 Å². The van der Waals surface area contributed by atoms with E-state index >= 15 is 0 Å². The topological polar surface area (TPSA) is 32.3 Å². The van der Waals surface area contributed by atoms with Gasteiger partial charge in [-0.1, -0.05) is 17.7 Å². The molecule has 3 rings (SSSR count). The van der Waals surface area contributed by atoms with Crippen molar-refractivity contribution in [3.05, 3.63) is 29.3 Å². The number of hydrogen-bond donors (Lipinski definition) is 1. The van der Waals surface area contributed by atoms with Crippen LogP contribution in [0.1, 0.15) is 30.4 Å². The van der Waals surface area contributed by atoms with E-state index in [-0.39, 0.29) is 12.4 Å². The number of carbonyl (C=O) groups excluding carboxylic acids is 1. The van der Waals surface area contributed by atoms with Crippen molar-refractivity contribution in [2.45, 2.75) is 38.0 Å². The summed E-state index contributed by atoms with van der Waals surface area (Å²) in [5, 5.41) is 3.48. The van der Waals surface area contributed by atoms with Crippen molar-refractivity contribution in [3.8, 4) is 0 Å². The SMILES string of the molecule is Cc1ccc(C)c(SCC(=O)N2CCC3(CCNC3)CC2)c1.Cl. The van der Waals surface area contributed by atoms with Crippen LogP contribution in [0, 0.1) is 19.3 Å². The molecule has 2 heterocycles. The molecule has 1 amide bonds. The van der Waals surface area contributed by atoms with Gasteiger partial charge >= 0.3 is 0 Å². The number of thioether (sulfide) groups is 1. The molecule has 2 saturated heterocycles. The summed E-state index contributed by atoms with van der Waals surface area (Å²) in [7, 11) is 0. The van der Waals surface area contributed by atoms with E-state index in [2.05, 4.69) is 42.3 Å². The zero-order valence-corrected chi connectivity index (χ0v) is 15.7. The molecule has 0 aliphatic carbocycles. The van der Waals surface area contributed by atoms with Crippen LogP contribution in [0.15, 0.2) is 23.1 Å². The second-order valence-corrected chi connectivity index (χ2v) is 7.88. The van der Waals surface area contributed by atoms with Crippen LogP contribution in [0.25, 0.3) is 0 Å². The molecule has 0 saturated carbocycles. The Morgan fingerprint density at radius 3 is 2.65 bits per heavy atom. The molecular formula is C18H27ClN2OS. The number of piperidine rings is 1. The van der Waals surface area contributed by atoms with Gasteiger partial charge in [-0.3, -0.25) is 4.79 Å². The maximum atomic E-state index is 12.5. The predicted octanol–water partition coefficient (Wildman–Crippen LogP) is 3.42. The summed E-state index contributed by atoms with van der Waals surface area (Å²) in [4.78, 5) is 15.8. The Kier molecular flexibility index (Phi) is 6.40. The van der Waals surface area contributed by atoms with Crippen molar-refractivity contribution in [3.63, 3.8) is 0 Å². The molecule has 128 valence electrons. The first kappa shape index (κ1) is 18.6. The first-order valence-electron chi connectivity index (χ1n) is 8.27. The van der Waals surface area contributed by atoms with Crippen molar-refractivity contribution < 1.29 is 4.79 Å². The molecule has 1 N–H and O–H groups in total. The van der Waals surface area contributed by atoms with Crippen LogP contribution < -0.4 is 5.32 Å². The third kappa shape index (κ3) is 4.43. The molecule has 1 aromatic carbocycles. The van der Waals surface area contributed by atoms with Gasteiger partial charge < -0.3 is 10.2 Å². The summed E-state index contributed by atoms with van der Waals surface area (Å²) in [5.41, 5.74) is 3.00. The minimum absolute atomic E-state index is 0. The summed E-state index contributed by atoms with van der Waals surface area (Å²) in [5.74, 6) is 0.863. The highest BCUT2D eigenvalue weighted by molar-refractivity contribution is 8.00. The lowest BCUT2D eigenvalue weighted by Gasteiger charge is -2.38. The zero-order valence-electron chi connectivity index (χ0n) is 14.1. The summed E-state index contributed by atoms with van der Waals surface area (Å²) >= 11 is 1.68. The second kappa shape index (κ2) is 7.91. The summed E-state index contributed by atoms with van der Waals surface area (Å²) in [6, 6.07) is 6.45. The van der Waals surface area contributed by atoms with Gasteiger partial charge in [0.25, 0.3) is 0 Å². The molecule has 0 atom stereocenters. The maximum absolute atomic E-state index is 12.5. The normalized spacial score (nSPS) is 19.7. The molecule has 1 aromatic rings. The standard InChI is InChI=1S/C18H26N2OS.ClH/c1-14-3-4-15(2)16(11-14)22-12-17(21)20-9-6-18(7-10-20)5-8-19-13-18;/h3-4,11,19H,5-10,12-13H2,1-2H3;1H. The molecule has 2 aliphatic heterocycles. The van der Waals surface area contributed by atoms with E-state index in [0.29, 0.717) is 17.1 Å². The van der Waals surface area contributed by atoms with Crippen molar-refractivity contribution in [1.82, 2.24) is 10.2 Å². The van der Waals surface area contributed by atoms with Gasteiger partial charge in [0.2, 0.25) is 5.91 Å². The van der Waals surface area contributed by atoms with Crippen molar-refractivity contribution in [2.75, 3.05) is 31.9 Å². The Balaban J connectivity index is 0.00000192. The highest BCUT2D eigenvalue weighted by Crippen LogP contribution is 2.37. The third-order valence-corrected chi connectivity index (χ3v) is 6.35. The van der Waals surface area contributed by atoms with Crippen LogP contribution in [0.4, 0.5) is 0 Å². The summed E-state index contributed by atoms with van der Waals surface area (Å²) in [6.07, 6.45) is 3.62. The van der Waals surface area contributed by atoms with Gasteiger partial charge in [0, 0.05) is 24.5 Å². The zero-order chi connectivity index (χ0) is 15.6. The number of nitrogens with one attached hydrogen (secondary N) is 1. The molecule has 3 nitrogen and oxygen atoms in total. The van der Waals surface area contributed by atoms with E-state index in [1.165, 1.54) is 35.3 Å². The number of halogens is 1. The number of carbonyl (C=O) groups is 1. The Morgan fingerprint density at radius 1 is 1.26 bits per heavy atom. The molecule has 1 spiro atoms. The highest BCUT2D eigenvalue weighted by atomic mass is 35.5. The second-order valence-electron chi connectivity index (χ2n) is 6.87. The first-order valence-corrected chi connectivity index (χ1v) is 9.25. The first-order chi connectivity index (χ1) is 10.6. The van der Waals surface area contributed by atoms with E-state index < -0.39 is 0 Å². The fraction of sp³-hybridized carbons (Fsp3) is 0.611. The van der Waals surface area contributed by atoms with E-state index in [1.54, 1.807) is 11.8 Å². The van der Waals surface area contributed by atoms with Crippen LogP contribution >= 0.6 is 24.2 Å². The maximum Gasteiger partial charge on any atom is 0.232 e. The highest BCUT2D eigenvalue weighted by Gasteiger charge is 2.37. The molecule has 0 radical (unpaired) electrons. The van der Waals surface area contributed by atoms with Gasteiger partial charge in [0.1, 0.15) is 0 Å². The van der Waals surface area contributed by atoms with Gasteiger partial charge in [0.05, 0.1) is 5.75 Å². The van der Waals surface area contributed by atoms with Crippen LogP contribution in [-0.2, 0) is 4.79 Å². The van der Waals surface area contributed by atoms with E-state index in [9.17, 15) is 4.79 Å². The average Bonchev–Trinajstić information content (AvgIpc) is 2.97. The van der Waals surface area contributed by atoms with Gasteiger partial charge in [0.15, 0.2) is 0 Å². The fourth-order valence-electron chi connectivity index (χ4n) is 3.55. The van der Waals surface area contributed by atoms with Crippen LogP contribution in [0.5, 0.6) is 0 Å². The molecule has 2 aliphatic rings. The molecule has 23 heavy (non-hydrogen) atoms. The monoisotopic (exact) mass is 354 g/mol. The van der Waals surface area contributed by atoms with Gasteiger partial charge in [-0.2, -0.15) is 0 Å². The predicted molar refractivity (Wildman–Crippen MR) is 99.6 cm³/mol. The summed E-state index contributed by atoms with van der Waals surface area (Å²) < 4.78 is 0. The molecule has 5 heteroatoms. The Hall–Kier alpha value is -0.710. The van der Waals surface area contributed by atoms with Crippen LogP contribution in [-0.4, -0.2) is 42.7 Å². The minimum Gasteiger partial charge on any atom is -0.342 e. The Labute approximate surface area is 150 Å². The minimum atomic E-state index is 0. The molecule has 0 bridgehead atoms. The number of hydrogen-bond acceptors (Lipinski definition) is 3. The van der Waals surface area contributed by atoms with Crippen molar-refractivity contribution in [2.24, 2.45) is 5.41 Å². The van der Waals surface area contributed by atoms with Gasteiger partial charge in [-0.05, 0) is 56.7 Å². The summed E-state index contributed by atoms with van der Waals surface area (Å²) in [6.45, 7) is 8.39. The van der Waals surface area contributed by atoms with E-state index in [4.69, 9.17) is 0 Å². The number of aryl methyl sites for hydroxylation is 2. The molecule has 0 unspecified atom stereocenters. The number of nitrogens with zero attached hydrogens (tertiary/aromatic N) is 1. The van der Waals surface area contributed by atoms with Crippen molar-refractivity contribution >= 4 is 30.1 Å². The smallest absolute Gasteiger partial charge is 0.232 e. The largest absolute Gasteiger partial charge is 0.342 e. The van der Waals surface area contributed by atoms with Crippen LogP contribution in [0.2, 0.25) is 0 Å².